The van der Waals surface area contributed by atoms with Crippen LogP contribution < -0.4 is 10.6 Å². The van der Waals surface area contributed by atoms with E-state index in [1.54, 1.807) is 0 Å². The molecule has 0 aromatic heterocycles. The molecule has 0 unspecified atom stereocenters. The number of esters is 19. The number of ether oxygens (including phenoxy) is 31. The number of halogens is 3. The van der Waals surface area contributed by atoms with Gasteiger partial charge in [-0.15, -0.1) is 0 Å². The van der Waals surface area contributed by atoms with E-state index in [9.17, 15) is 95.9 Å². The second-order valence-electron chi connectivity index (χ2n) is 33.5. The summed E-state index contributed by atoms with van der Waals surface area (Å²) >= 11 is 18.1. The first-order valence-corrected chi connectivity index (χ1v) is 44.7. The van der Waals surface area contributed by atoms with Gasteiger partial charge in [0.25, 0.3) is 9.58 Å². The molecule has 804 valence electrons. The Hall–Kier alpha value is -11.2. The van der Waals surface area contributed by atoms with E-state index in [1.165, 1.54) is 20.8 Å². The van der Waals surface area contributed by atoms with Crippen LogP contribution in [0.1, 0.15) is 159 Å². The quantitative estimate of drug-likeness (QED) is 0.0221. The highest BCUT2D eigenvalue weighted by Crippen LogP contribution is 2.46. The predicted octanol–water partition coefficient (Wildman–Crippen LogP) is -0.846. The molecule has 55 nitrogen and oxygen atoms in total. The van der Waals surface area contributed by atoms with Crippen LogP contribution in [0.2, 0.25) is 0 Å². The van der Waals surface area contributed by atoms with Gasteiger partial charge >= 0.3 is 113 Å². The SMILES string of the molecule is COC(=O)[C@@]1(O[C@H]2[C@@H](OC(C)=O)[C@@H](COC(C)=O)O[C@@H](O[C@@H]3[C@@H](NC(C)=O)[C@H](O[C@H]4[C@@H](OC(C)=O)[C@@H](COC(C)=O)O[C@H](O[C@@H]5[C@H](OC(C)=O)[C@@H](OC(C)=O)[C@H](O[C@H]6[C@H](OC(C)=O)[C@@H](OC(=O)C(C)(C)C)[C@@H](OC(=N)C(Cl)(Cl)Cl)O[C@@H]6COC(C)=O)O[C@@H]5COC(C)=O)[C@@H]4OC(C)=O)O[C@H](COC(C)=O)[C@@H]3OC(C)=O)[C@@H]2OC(C)=O)C[C@H](OC(C)=O)[C@@H](NC(C)=O)[C@H]([C@H](OC(C)=O)[C@@H](COC(C)=O)OC(C)=O)O1. The summed E-state index contributed by atoms with van der Waals surface area (Å²) in [5.74, 6) is -30.3. The summed E-state index contributed by atoms with van der Waals surface area (Å²) in [6.45, 7) is 13.6. The predicted molar refractivity (Wildman–Crippen MR) is 456 cm³/mol. The molecule has 6 fully saturated rings. The van der Waals surface area contributed by atoms with Crippen molar-refractivity contribution in [3.63, 3.8) is 0 Å². The van der Waals surface area contributed by atoms with Gasteiger partial charge in [0.1, 0.15) is 119 Å². The Labute approximate surface area is 830 Å². The molecule has 0 aromatic rings. The molecule has 2 amide bonds. The smallest absolute Gasteiger partial charge is 0.366 e. The molecule has 0 saturated carbocycles. The second kappa shape index (κ2) is 53.6. The maximum absolute atomic E-state index is 15.4. The lowest BCUT2D eigenvalue weighted by Crippen LogP contribution is -2.73. The number of alkyl halides is 3. The molecular weight excluding hydrogens is 2000 g/mol. The van der Waals surface area contributed by atoms with Gasteiger partial charge in [-0.05, 0) is 20.8 Å². The number of nitrogens with one attached hydrogen (secondary N) is 3. The minimum atomic E-state index is -3.44. The molecule has 6 saturated heterocycles. The van der Waals surface area contributed by atoms with Crippen molar-refractivity contribution in [2.75, 3.05) is 46.8 Å². The summed E-state index contributed by atoms with van der Waals surface area (Å²) < 4.78 is 184. The van der Waals surface area contributed by atoms with Crippen LogP contribution in [-0.2, 0) is 248 Å². The Bertz CT molecular complexity index is 4620. The van der Waals surface area contributed by atoms with E-state index in [0.717, 1.165) is 139 Å². The summed E-state index contributed by atoms with van der Waals surface area (Å²) in [4.78, 5) is 286. The van der Waals surface area contributed by atoms with Crippen LogP contribution in [0.4, 0.5) is 0 Å². The van der Waals surface area contributed by atoms with Gasteiger partial charge in [0.05, 0.1) is 25.0 Å². The Morgan fingerprint density at radius 1 is 0.336 bits per heavy atom. The zero-order valence-electron chi connectivity index (χ0n) is 81.6. The monoisotopic (exact) mass is 2120 g/mol. The lowest BCUT2D eigenvalue weighted by atomic mass is 9.87. The van der Waals surface area contributed by atoms with E-state index >= 15 is 4.79 Å². The van der Waals surface area contributed by atoms with Crippen LogP contribution in [-0.4, -0.2) is 371 Å². The average Bonchev–Trinajstić information content (AvgIpc) is 0.738. The lowest BCUT2D eigenvalue weighted by molar-refractivity contribution is -0.392. The highest BCUT2D eigenvalue weighted by Gasteiger charge is 2.67. The number of hydrogen-bond acceptors (Lipinski definition) is 53. The Morgan fingerprint density at radius 2 is 0.643 bits per heavy atom. The summed E-state index contributed by atoms with van der Waals surface area (Å²) in [7, 11) is 0.723. The molecule has 0 aliphatic carbocycles. The molecule has 0 spiro atoms. The van der Waals surface area contributed by atoms with Crippen molar-refractivity contribution in [3.05, 3.63) is 0 Å². The van der Waals surface area contributed by atoms with E-state index in [2.05, 4.69) is 10.6 Å². The van der Waals surface area contributed by atoms with Gasteiger partial charge in [-0.1, -0.05) is 34.8 Å². The molecule has 6 rings (SSSR count). The Kier molecular flexibility index (Phi) is 45.1. The number of hydrogen-bond donors (Lipinski definition) is 3. The Morgan fingerprint density at radius 3 is 0.993 bits per heavy atom. The zero-order valence-corrected chi connectivity index (χ0v) is 83.9. The molecule has 6 aliphatic heterocycles. The van der Waals surface area contributed by atoms with Crippen LogP contribution in [0.5, 0.6) is 0 Å². The van der Waals surface area contributed by atoms with Crippen LogP contribution in [0.3, 0.4) is 0 Å². The first-order valence-electron chi connectivity index (χ1n) is 43.6. The number of amides is 2. The minimum Gasteiger partial charge on any atom is -0.465 e. The molecule has 31 atom stereocenters. The summed E-state index contributed by atoms with van der Waals surface area (Å²) in [5.41, 5.74) is -1.46. The fourth-order valence-corrected chi connectivity index (χ4v) is 15.5. The van der Waals surface area contributed by atoms with Crippen molar-refractivity contribution in [2.45, 2.75) is 352 Å². The van der Waals surface area contributed by atoms with Gasteiger partial charge in [0.15, 0.2) is 86.2 Å². The van der Waals surface area contributed by atoms with Gasteiger partial charge in [0.2, 0.25) is 30.1 Å². The summed E-state index contributed by atoms with van der Waals surface area (Å²) in [6.07, 6.45) is -65.9. The molecule has 143 heavy (non-hydrogen) atoms. The highest BCUT2D eigenvalue weighted by molar-refractivity contribution is 6.76. The largest absolute Gasteiger partial charge is 0.465 e. The topological polar surface area (TPSA) is 693 Å². The molecule has 0 aromatic carbocycles. The third-order valence-electron chi connectivity index (χ3n) is 20.4. The van der Waals surface area contributed by atoms with Gasteiger partial charge < -0.3 is 157 Å². The number of carbonyl (C=O) groups excluding carboxylic acids is 21. The van der Waals surface area contributed by atoms with Crippen molar-refractivity contribution in [2.24, 2.45) is 5.41 Å². The Balaban J connectivity index is 1.71. The van der Waals surface area contributed by atoms with Crippen molar-refractivity contribution in [3.8, 4) is 0 Å². The van der Waals surface area contributed by atoms with Gasteiger partial charge in [-0.3, -0.25) is 101 Å². The number of carbonyl (C=O) groups is 21. The molecule has 0 bridgehead atoms. The standard InChI is InChI=1S/C85H116Cl3N3O52/c1-31(92)90-57-50(120-39(9)100)24-84(82(112)113-23,142-66(57)60(123-42(12)103)51(121-40(10)101)25-114-33(3)94)143-70-64(125-44(14)105)56(30-119-38(8)99)134-78(74(70)130-49(19)110)138-65-58(91-32(2)93)75(131-52(26-115-34(4)95)59(65)122-41(11)102)139-69-61(124-43(13)104)53(27-116-35(5)96)132-77(72(69)129-48(18)109)136-62-54(28-117-36(6)97)133-76(71(128-47(17)108)67(62)126-45(15)106)137-63-55(29-118-37(7)98)135-79(141-80(89)85(86,87)88)73(68(63)127-46(16)107)140-81(111)83(20,21)22/h50-79,89H,24-30H2,1-23H3,(H,90,92)(H,91,93)/t50-,51+,52+,53+,54+,55+,56+,57+,58+,59-,60+,61-,62-,63+,64-,65+,66+,67-,68-,69-,70-,71+,72+,73+,74+,75-,76-,77+,78-,79+,84-/m0/s1. The molecule has 6 heterocycles. The molecule has 58 heteroatoms. The van der Waals surface area contributed by atoms with Crippen molar-refractivity contribution in [1.82, 2.24) is 10.6 Å². The first kappa shape index (κ1) is 120. The molecule has 6 aliphatic rings. The van der Waals surface area contributed by atoms with Crippen LogP contribution >= 0.6 is 34.8 Å². The van der Waals surface area contributed by atoms with Gasteiger partial charge in [-0.2, -0.15) is 0 Å². The van der Waals surface area contributed by atoms with E-state index in [0.29, 0.717) is 0 Å². The van der Waals surface area contributed by atoms with Gasteiger partial charge in [-0.25, -0.2) is 4.79 Å². The fourth-order valence-electron chi connectivity index (χ4n) is 15.4. The molecular formula is C85H116Cl3N3O52. The highest BCUT2D eigenvalue weighted by atomic mass is 35.6. The summed E-state index contributed by atoms with van der Waals surface area (Å²) in [5, 5.41) is 13.5. The van der Waals surface area contributed by atoms with E-state index < -0.39 is 376 Å². The van der Waals surface area contributed by atoms with Crippen molar-refractivity contribution in [1.29, 1.82) is 5.41 Å². The maximum atomic E-state index is 15.4. The van der Waals surface area contributed by atoms with Crippen LogP contribution in [0, 0.1) is 10.8 Å². The molecule has 3 N–H and O–H groups in total. The van der Waals surface area contributed by atoms with Crippen LogP contribution in [0.15, 0.2) is 0 Å². The maximum Gasteiger partial charge on any atom is 0.366 e. The number of rotatable bonds is 40. The van der Waals surface area contributed by atoms with E-state index in [1.807, 2.05) is 0 Å². The molecule has 0 radical (unpaired) electrons. The average molecular weight is 2120 g/mol. The lowest BCUT2D eigenvalue weighted by Gasteiger charge is -2.53. The number of methoxy groups -OCH3 is 1. The van der Waals surface area contributed by atoms with Crippen molar-refractivity contribution >= 4 is 166 Å². The minimum absolute atomic E-state index is 0.723. The zero-order chi connectivity index (χ0) is 108. The van der Waals surface area contributed by atoms with Crippen molar-refractivity contribution < 1.29 is 248 Å². The second-order valence-corrected chi connectivity index (χ2v) is 35.8. The third-order valence-corrected chi connectivity index (χ3v) is 20.9. The normalized spacial score (nSPS) is 30.9. The van der Waals surface area contributed by atoms with Crippen LogP contribution in [0.25, 0.3) is 0 Å². The van der Waals surface area contributed by atoms with Gasteiger partial charge in [0, 0.05) is 132 Å². The first-order chi connectivity index (χ1) is 66.4. The third kappa shape index (κ3) is 35.9. The summed E-state index contributed by atoms with van der Waals surface area (Å²) in [6, 6.07) is -4.27. The fraction of sp³-hybridized carbons (Fsp3) is 0.741. The van der Waals surface area contributed by atoms with E-state index in [4.69, 9.17) is 187 Å². The van der Waals surface area contributed by atoms with E-state index in [-0.39, 0.29) is 0 Å².